The predicted octanol–water partition coefficient (Wildman–Crippen LogP) is 3.63. The molecule has 2 aromatic rings. The summed E-state index contributed by atoms with van der Waals surface area (Å²) in [6, 6.07) is 8.41. The molecule has 0 aliphatic heterocycles. The molecule has 9 heteroatoms. The lowest BCUT2D eigenvalue weighted by Crippen LogP contribution is -2.12. The Morgan fingerprint density at radius 1 is 1.03 bits per heavy atom. The number of hydrogen-bond donors (Lipinski definition) is 1. The molecule has 9 nitrogen and oxygen atoms in total. The van der Waals surface area contributed by atoms with Gasteiger partial charge in [0.25, 0.3) is 5.69 Å². The summed E-state index contributed by atoms with van der Waals surface area (Å²) in [7, 11) is 0. The molecule has 0 unspecified atom stereocenters. The second-order valence-electron chi connectivity index (χ2n) is 6.34. The van der Waals surface area contributed by atoms with Gasteiger partial charge in [0.15, 0.2) is 11.5 Å². The Bertz CT molecular complexity index is 928. The summed E-state index contributed by atoms with van der Waals surface area (Å²) in [5.41, 5.74) is 5.16. The summed E-state index contributed by atoms with van der Waals surface area (Å²) >= 11 is 0. The third-order valence-corrected chi connectivity index (χ3v) is 4.16. The lowest BCUT2D eigenvalue weighted by molar-refractivity contribution is -0.385. The number of amides is 1. The highest BCUT2D eigenvalue weighted by Crippen LogP contribution is 2.29. The van der Waals surface area contributed by atoms with Crippen LogP contribution in [0.1, 0.15) is 53.0 Å². The Hall–Kier alpha value is -3.62. The van der Waals surface area contributed by atoms with Crippen LogP contribution in [0.15, 0.2) is 36.4 Å². The van der Waals surface area contributed by atoms with Crippen molar-refractivity contribution < 1.29 is 28.7 Å². The molecule has 2 aromatic carbocycles. The molecule has 0 aliphatic carbocycles. The van der Waals surface area contributed by atoms with Crippen molar-refractivity contribution in [3.63, 3.8) is 0 Å². The van der Waals surface area contributed by atoms with Crippen LogP contribution in [-0.4, -0.2) is 30.0 Å². The van der Waals surface area contributed by atoms with E-state index in [2.05, 4.69) is 6.92 Å². The number of carbonyl (C=O) groups is 2. The number of rotatable bonds is 11. The van der Waals surface area contributed by atoms with Crippen molar-refractivity contribution in [2.45, 2.75) is 33.3 Å². The molecule has 0 saturated carbocycles. The normalized spacial score (nSPS) is 10.3. The van der Waals surface area contributed by atoms with Gasteiger partial charge in [-0.3, -0.25) is 14.9 Å². The Balaban J connectivity index is 2.15. The summed E-state index contributed by atoms with van der Waals surface area (Å²) in [6.07, 6.45) is 1.88. The number of nitrogens with two attached hydrogens (primary N) is 1. The molecule has 0 fully saturated rings. The van der Waals surface area contributed by atoms with Crippen LogP contribution in [0.5, 0.6) is 11.5 Å². The average molecular weight is 416 g/mol. The third-order valence-electron chi connectivity index (χ3n) is 4.16. The molecule has 2 rings (SSSR count). The van der Waals surface area contributed by atoms with Gasteiger partial charge in [-0.25, -0.2) is 4.79 Å². The highest BCUT2D eigenvalue weighted by molar-refractivity contribution is 5.93. The molecule has 0 atom stereocenters. The van der Waals surface area contributed by atoms with Crippen LogP contribution in [-0.2, 0) is 11.3 Å². The van der Waals surface area contributed by atoms with Gasteiger partial charge in [-0.2, -0.15) is 0 Å². The van der Waals surface area contributed by atoms with Crippen LogP contribution in [0.3, 0.4) is 0 Å². The minimum Gasteiger partial charge on any atom is -0.490 e. The Kier molecular flexibility index (Phi) is 8.16. The molecule has 0 heterocycles. The van der Waals surface area contributed by atoms with Crippen LogP contribution in [0.4, 0.5) is 5.69 Å². The Labute approximate surface area is 173 Å². The summed E-state index contributed by atoms with van der Waals surface area (Å²) in [5.74, 6) is -0.518. The molecule has 0 saturated heterocycles. The van der Waals surface area contributed by atoms with E-state index in [4.69, 9.17) is 19.9 Å². The van der Waals surface area contributed by atoms with Gasteiger partial charge in [-0.05, 0) is 43.7 Å². The Morgan fingerprint density at radius 2 is 1.77 bits per heavy atom. The van der Waals surface area contributed by atoms with Crippen molar-refractivity contribution in [3.8, 4) is 11.5 Å². The van der Waals surface area contributed by atoms with Crippen LogP contribution in [0, 0.1) is 10.1 Å². The fourth-order valence-corrected chi connectivity index (χ4v) is 2.58. The number of primary amides is 1. The van der Waals surface area contributed by atoms with E-state index in [1.807, 2.05) is 6.92 Å². The summed E-state index contributed by atoms with van der Waals surface area (Å²) < 4.78 is 16.4. The van der Waals surface area contributed by atoms with E-state index in [0.29, 0.717) is 24.7 Å². The first-order chi connectivity index (χ1) is 14.4. The first-order valence-electron chi connectivity index (χ1n) is 9.51. The van der Waals surface area contributed by atoms with E-state index in [1.54, 1.807) is 6.07 Å². The summed E-state index contributed by atoms with van der Waals surface area (Å²) in [5, 5.41) is 11.3. The fraction of sp³-hybridized carbons (Fsp3) is 0.333. The van der Waals surface area contributed by atoms with E-state index >= 15 is 0 Å². The zero-order valence-corrected chi connectivity index (χ0v) is 16.9. The van der Waals surface area contributed by atoms with Crippen LogP contribution < -0.4 is 15.2 Å². The minimum absolute atomic E-state index is 0.00297. The van der Waals surface area contributed by atoms with Gasteiger partial charge in [-0.15, -0.1) is 0 Å². The first-order valence-corrected chi connectivity index (χ1v) is 9.51. The first kappa shape index (κ1) is 22.7. The lowest BCUT2D eigenvalue weighted by Gasteiger charge is -2.13. The van der Waals surface area contributed by atoms with Crippen LogP contribution >= 0.6 is 0 Å². The van der Waals surface area contributed by atoms with Crippen molar-refractivity contribution in [2.75, 3.05) is 13.2 Å². The second kappa shape index (κ2) is 10.8. The van der Waals surface area contributed by atoms with Gasteiger partial charge in [0.05, 0.1) is 29.3 Å². The van der Waals surface area contributed by atoms with Crippen LogP contribution in [0.2, 0.25) is 0 Å². The molecule has 0 radical (unpaired) electrons. The maximum atomic E-state index is 12.4. The number of ether oxygens (including phenoxy) is 3. The molecular formula is C21H24N2O7. The maximum Gasteiger partial charge on any atom is 0.338 e. The molecule has 0 aliphatic rings. The number of hydrogen-bond acceptors (Lipinski definition) is 7. The quantitative estimate of drug-likeness (QED) is 0.256. The summed E-state index contributed by atoms with van der Waals surface area (Å²) in [6.45, 7) is 4.45. The molecule has 0 bridgehead atoms. The number of nitro groups is 1. The zero-order valence-electron chi connectivity index (χ0n) is 16.9. The van der Waals surface area contributed by atoms with E-state index in [9.17, 15) is 19.7 Å². The Morgan fingerprint density at radius 3 is 2.40 bits per heavy atom. The van der Waals surface area contributed by atoms with Crippen molar-refractivity contribution in [1.82, 2.24) is 0 Å². The van der Waals surface area contributed by atoms with Crippen molar-refractivity contribution in [3.05, 3.63) is 63.2 Å². The summed E-state index contributed by atoms with van der Waals surface area (Å²) in [4.78, 5) is 34.3. The maximum absolute atomic E-state index is 12.4. The standard InChI is InChI=1S/C21H24N2O7/c1-3-5-10-29-18-9-8-15(12-19(18)28-4-2)21(25)30-13-16-7-6-14(20(22)24)11-17(16)23(26)27/h6-9,11-12H,3-5,10,13H2,1-2H3,(H2,22,24). The highest BCUT2D eigenvalue weighted by atomic mass is 16.6. The van der Waals surface area contributed by atoms with E-state index in [0.717, 1.165) is 18.9 Å². The number of benzene rings is 2. The van der Waals surface area contributed by atoms with Gasteiger partial charge in [0.1, 0.15) is 6.61 Å². The zero-order chi connectivity index (χ0) is 22.1. The van der Waals surface area contributed by atoms with Gasteiger partial charge < -0.3 is 19.9 Å². The van der Waals surface area contributed by atoms with E-state index in [-0.39, 0.29) is 29.0 Å². The number of nitro benzene ring substituents is 1. The largest absolute Gasteiger partial charge is 0.490 e. The fourth-order valence-electron chi connectivity index (χ4n) is 2.58. The number of unbranched alkanes of at least 4 members (excludes halogenated alkanes) is 1. The molecule has 30 heavy (non-hydrogen) atoms. The van der Waals surface area contributed by atoms with Crippen molar-refractivity contribution in [2.24, 2.45) is 5.73 Å². The monoisotopic (exact) mass is 416 g/mol. The van der Waals surface area contributed by atoms with Gasteiger partial charge in [-0.1, -0.05) is 13.3 Å². The number of nitrogens with zero attached hydrogens (tertiary/aromatic N) is 1. The van der Waals surface area contributed by atoms with Gasteiger partial charge >= 0.3 is 5.97 Å². The van der Waals surface area contributed by atoms with Gasteiger partial charge in [0, 0.05) is 11.6 Å². The lowest BCUT2D eigenvalue weighted by atomic mass is 10.1. The van der Waals surface area contributed by atoms with Crippen LogP contribution in [0.25, 0.3) is 0 Å². The van der Waals surface area contributed by atoms with E-state index < -0.39 is 16.8 Å². The average Bonchev–Trinajstić information content (AvgIpc) is 2.73. The predicted molar refractivity (Wildman–Crippen MR) is 109 cm³/mol. The minimum atomic E-state index is -0.786. The second-order valence-corrected chi connectivity index (χ2v) is 6.34. The molecule has 1 amide bonds. The number of carbonyl (C=O) groups excluding carboxylic acids is 2. The molecule has 2 N–H and O–H groups in total. The van der Waals surface area contributed by atoms with E-state index in [1.165, 1.54) is 24.3 Å². The van der Waals surface area contributed by atoms with Crippen molar-refractivity contribution >= 4 is 17.6 Å². The molecular weight excluding hydrogens is 392 g/mol. The van der Waals surface area contributed by atoms with Gasteiger partial charge in [0.2, 0.25) is 5.91 Å². The third kappa shape index (κ3) is 5.94. The topological polar surface area (TPSA) is 131 Å². The van der Waals surface area contributed by atoms with Crippen molar-refractivity contribution in [1.29, 1.82) is 0 Å². The molecule has 0 aromatic heterocycles. The highest BCUT2D eigenvalue weighted by Gasteiger charge is 2.19. The molecule has 160 valence electrons. The SMILES string of the molecule is CCCCOc1ccc(C(=O)OCc2ccc(C(N)=O)cc2[N+](=O)[O-])cc1OCC. The molecule has 0 spiro atoms. The number of esters is 1. The smallest absolute Gasteiger partial charge is 0.338 e.